The molecule has 1 aliphatic carbocycles. The van der Waals surface area contributed by atoms with Crippen LogP contribution in [0.2, 0.25) is 0 Å². The van der Waals surface area contributed by atoms with Crippen molar-refractivity contribution < 1.29 is 13.2 Å². The first-order valence-electron chi connectivity index (χ1n) is 10.1. The molecule has 3 fully saturated rings. The fraction of sp³-hybridized carbons (Fsp3) is 0.947. The molecule has 2 aliphatic heterocycles. The summed E-state index contributed by atoms with van der Waals surface area (Å²) in [7, 11) is -2.84. The van der Waals surface area contributed by atoms with Gasteiger partial charge in [0.25, 0.3) is 0 Å². The van der Waals surface area contributed by atoms with Crippen LogP contribution in [-0.4, -0.2) is 58.2 Å². The summed E-state index contributed by atoms with van der Waals surface area (Å²) in [5.41, 5.74) is 0.447. The first-order valence-corrected chi connectivity index (χ1v) is 12.0. The van der Waals surface area contributed by atoms with Gasteiger partial charge in [-0.05, 0) is 49.9 Å². The van der Waals surface area contributed by atoms with Crippen molar-refractivity contribution in [2.45, 2.75) is 58.4 Å². The lowest BCUT2D eigenvalue weighted by Crippen LogP contribution is -2.47. The van der Waals surface area contributed by atoms with Gasteiger partial charge >= 0.3 is 0 Å². The lowest BCUT2D eigenvalue weighted by molar-refractivity contribution is 0.186. The maximum atomic E-state index is 11.7. The van der Waals surface area contributed by atoms with Crippen LogP contribution in [0.4, 0.5) is 0 Å². The van der Waals surface area contributed by atoms with E-state index in [1.54, 1.807) is 0 Å². The molecule has 7 heteroatoms. The Hall–Kier alpha value is -0.820. The number of aliphatic imine (C=N–C) groups is 1. The van der Waals surface area contributed by atoms with E-state index in [1.807, 2.05) is 0 Å². The van der Waals surface area contributed by atoms with Gasteiger partial charge < -0.3 is 15.4 Å². The number of sulfone groups is 1. The zero-order valence-electron chi connectivity index (χ0n) is 16.3. The van der Waals surface area contributed by atoms with E-state index in [9.17, 15) is 8.42 Å². The minimum Gasteiger partial charge on any atom is -0.381 e. The number of guanidine groups is 1. The summed E-state index contributed by atoms with van der Waals surface area (Å²) in [4.78, 5) is 4.75. The van der Waals surface area contributed by atoms with Gasteiger partial charge in [-0.25, -0.2) is 8.42 Å². The normalized spacial score (nSPS) is 31.8. The van der Waals surface area contributed by atoms with Crippen LogP contribution in [0.5, 0.6) is 0 Å². The second-order valence-electron chi connectivity index (χ2n) is 9.15. The van der Waals surface area contributed by atoms with E-state index < -0.39 is 9.84 Å². The Morgan fingerprint density at radius 3 is 2.54 bits per heavy atom. The Labute approximate surface area is 158 Å². The molecule has 0 aromatic heterocycles. The standard InChI is InChI=1S/C19H35N3O3S/c1-19(2)7-3-17(4-8-19)22-18(20-11-15-5-9-25-13-15)21-12-16-6-10-26(23,24)14-16/h15-17H,3-14H2,1-2H3,(H2,20,21,22). The third-order valence-corrected chi connectivity index (χ3v) is 7.93. The fourth-order valence-electron chi connectivity index (χ4n) is 4.11. The molecule has 0 spiro atoms. The second kappa shape index (κ2) is 8.46. The molecule has 0 bridgehead atoms. The van der Waals surface area contributed by atoms with Crippen molar-refractivity contribution in [1.82, 2.24) is 10.6 Å². The fourth-order valence-corrected chi connectivity index (χ4v) is 5.96. The Bertz CT molecular complexity index is 587. The number of hydrogen-bond acceptors (Lipinski definition) is 4. The molecule has 2 saturated heterocycles. The van der Waals surface area contributed by atoms with Crippen LogP contribution >= 0.6 is 0 Å². The van der Waals surface area contributed by atoms with Gasteiger partial charge in [0.1, 0.15) is 0 Å². The number of ether oxygens (including phenoxy) is 1. The average molecular weight is 386 g/mol. The summed E-state index contributed by atoms with van der Waals surface area (Å²) < 4.78 is 28.8. The molecule has 2 atom stereocenters. The minimum absolute atomic E-state index is 0.165. The van der Waals surface area contributed by atoms with Crippen molar-refractivity contribution in [2.75, 3.05) is 37.8 Å². The second-order valence-corrected chi connectivity index (χ2v) is 11.4. The highest BCUT2D eigenvalue weighted by Gasteiger charge is 2.29. The van der Waals surface area contributed by atoms with Crippen molar-refractivity contribution in [3.05, 3.63) is 0 Å². The first-order chi connectivity index (χ1) is 12.3. The van der Waals surface area contributed by atoms with Crippen LogP contribution in [0.15, 0.2) is 4.99 Å². The van der Waals surface area contributed by atoms with Gasteiger partial charge in [0.05, 0.1) is 18.1 Å². The van der Waals surface area contributed by atoms with Gasteiger partial charge in [-0.2, -0.15) is 0 Å². The van der Waals surface area contributed by atoms with E-state index in [4.69, 9.17) is 9.73 Å². The van der Waals surface area contributed by atoms with Crippen molar-refractivity contribution in [3.63, 3.8) is 0 Å². The molecule has 0 radical (unpaired) electrons. The van der Waals surface area contributed by atoms with E-state index >= 15 is 0 Å². The molecule has 3 aliphatic rings. The minimum atomic E-state index is -2.84. The molecule has 0 amide bonds. The van der Waals surface area contributed by atoms with Crippen molar-refractivity contribution in [2.24, 2.45) is 22.2 Å². The third kappa shape index (κ3) is 6.12. The van der Waals surface area contributed by atoms with E-state index in [-0.39, 0.29) is 11.7 Å². The van der Waals surface area contributed by atoms with Crippen molar-refractivity contribution in [3.8, 4) is 0 Å². The molecule has 0 aromatic rings. The summed E-state index contributed by atoms with van der Waals surface area (Å²) >= 11 is 0. The van der Waals surface area contributed by atoms with Gasteiger partial charge in [-0.15, -0.1) is 0 Å². The summed E-state index contributed by atoms with van der Waals surface area (Å²) in [6, 6.07) is 0.460. The van der Waals surface area contributed by atoms with E-state index in [0.29, 0.717) is 29.7 Å². The summed E-state index contributed by atoms with van der Waals surface area (Å²) in [5.74, 6) is 2.17. The molecule has 3 rings (SSSR count). The smallest absolute Gasteiger partial charge is 0.191 e. The van der Waals surface area contributed by atoms with Crippen LogP contribution in [0.3, 0.4) is 0 Å². The van der Waals surface area contributed by atoms with Crippen LogP contribution in [0, 0.1) is 17.3 Å². The summed E-state index contributed by atoms with van der Waals surface area (Å²) in [5, 5.41) is 7.09. The van der Waals surface area contributed by atoms with Crippen LogP contribution in [0.25, 0.3) is 0 Å². The quantitative estimate of drug-likeness (QED) is 0.559. The molecule has 2 heterocycles. The molecule has 6 nitrogen and oxygen atoms in total. The molecular formula is C19H35N3O3S. The molecule has 0 aromatic carbocycles. The lowest BCUT2D eigenvalue weighted by atomic mass is 9.75. The van der Waals surface area contributed by atoms with Gasteiger partial charge in [-0.1, -0.05) is 13.8 Å². The SMILES string of the molecule is CC1(C)CCC(NC(=NCC2CCS(=O)(=O)C2)NCC2CCOC2)CC1. The number of hydrogen-bond donors (Lipinski definition) is 2. The average Bonchev–Trinajstić information content (AvgIpc) is 3.21. The Morgan fingerprint density at radius 1 is 1.15 bits per heavy atom. The van der Waals surface area contributed by atoms with Crippen molar-refractivity contribution in [1.29, 1.82) is 0 Å². The van der Waals surface area contributed by atoms with Crippen molar-refractivity contribution >= 4 is 15.8 Å². The highest BCUT2D eigenvalue weighted by atomic mass is 32.2. The maximum absolute atomic E-state index is 11.7. The molecule has 150 valence electrons. The Kier molecular flexibility index (Phi) is 6.49. The van der Waals surface area contributed by atoms with Gasteiger partial charge in [0, 0.05) is 31.7 Å². The molecule has 26 heavy (non-hydrogen) atoms. The first kappa shape index (κ1) is 19.9. The number of rotatable bonds is 5. The van der Waals surface area contributed by atoms with Gasteiger partial charge in [0.2, 0.25) is 0 Å². The van der Waals surface area contributed by atoms with E-state index in [0.717, 1.165) is 51.4 Å². The predicted molar refractivity (Wildman–Crippen MR) is 105 cm³/mol. The zero-order chi connectivity index (χ0) is 18.6. The third-order valence-electron chi connectivity index (χ3n) is 6.10. The lowest BCUT2D eigenvalue weighted by Gasteiger charge is -2.35. The largest absolute Gasteiger partial charge is 0.381 e. The molecule has 1 saturated carbocycles. The highest BCUT2D eigenvalue weighted by molar-refractivity contribution is 7.91. The maximum Gasteiger partial charge on any atom is 0.191 e. The predicted octanol–water partition coefficient (Wildman–Crippen LogP) is 1.96. The molecule has 2 N–H and O–H groups in total. The number of nitrogens with one attached hydrogen (secondary N) is 2. The Morgan fingerprint density at radius 2 is 1.92 bits per heavy atom. The van der Waals surface area contributed by atoms with Gasteiger partial charge in [0.15, 0.2) is 15.8 Å². The van der Waals surface area contributed by atoms with Crippen LogP contribution in [-0.2, 0) is 14.6 Å². The zero-order valence-corrected chi connectivity index (χ0v) is 17.1. The molecular weight excluding hydrogens is 350 g/mol. The summed E-state index contributed by atoms with van der Waals surface area (Å²) in [6.45, 7) is 7.82. The monoisotopic (exact) mass is 385 g/mol. The Balaban J connectivity index is 1.54. The number of nitrogens with zero attached hydrogens (tertiary/aromatic N) is 1. The van der Waals surface area contributed by atoms with E-state index in [2.05, 4.69) is 24.5 Å². The van der Waals surface area contributed by atoms with Crippen LogP contribution in [0.1, 0.15) is 52.4 Å². The highest BCUT2D eigenvalue weighted by Crippen LogP contribution is 2.35. The van der Waals surface area contributed by atoms with E-state index in [1.165, 1.54) is 12.8 Å². The topological polar surface area (TPSA) is 79.8 Å². The summed E-state index contributed by atoms with van der Waals surface area (Å²) in [6.07, 6.45) is 6.63. The molecule has 2 unspecified atom stereocenters. The van der Waals surface area contributed by atoms with Gasteiger partial charge in [-0.3, -0.25) is 4.99 Å². The van der Waals surface area contributed by atoms with Crippen LogP contribution < -0.4 is 10.6 Å².